The molecule has 0 unspecified atom stereocenters. The number of aryl methyl sites for hydroxylation is 1. The van der Waals surface area contributed by atoms with E-state index in [1.54, 1.807) is 0 Å². The van der Waals surface area contributed by atoms with E-state index in [-0.39, 0.29) is 5.56 Å². The number of para-hydroxylation sites is 1. The van der Waals surface area contributed by atoms with Crippen molar-refractivity contribution in [2.24, 2.45) is 10.2 Å². The predicted molar refractivity (Wildman–Crippen MR) is 107 cm³/mol. The van der Waals surface area contributed by atoms with Crippen LogP contribution in [0.25, 0.3) is 16.8 Å². The van der Waals surface area contributed by atoms with E-state index in [0.29, 0.717) is 17.1 Å². The van der Waals surface area contributed by atoms with Crippen molar-refractivity contribution in [1.29, 1.82) is 0 Å². The molecule has 0 saturated heterocycles. The average molecular weight is 354 g/mol. The number of hydrogen-bond acceptors (Lipinski definition) is 3. The molecule has 0 aliphatic carbocycles. The second-order valence-electron chi connectivity index (χ2n) is 6.17. The normalized spacial score (nSPS) is 11.1. The van der Waals surface area contributed by atoms with Gasteiger partial charge in [0, 0.05) is 0 Å². The maximum atomic E-state index is 12.6. The van der Waals surface area contributed by atoms with Crippen LogP contribution in [-0.4, -0.2) is 9.78 Å². The molecule has 0 bridgehead atoms. The summed E-state index contributed by atoms with van der Waals surface area (Å²) >= 11 is 0. The molecule has 5 heteroatoms. The standard InChI is InChI=1S/C22H18N4O/c1-16-21(22(27)26(25-16)20-10-6-3-7-11-20)24-23-19-14-12-18(13-15-19)17-8-4-2-5-9-17/h2-15,25H,1H3. The van der Waals surface area contributed by atoms with Crippen molar-refractivity contribution in [3.05, 3.63) is 101 Å². The fraction of sp³-hybridized carbons (Fsp3) is 0.0455. The summed E-state index contributed by atoms with van der Waals surface area (Å²) in [5.74, 6) is 0. The molecule has 4 rings (SSSR count). The van der Waals surface area contributed by atoms with Crippen LogP contribution in [0.15, 0.2) is 100.0 Å². The van der Waals surface area contributed by atoms with E-state index in [9.17, 15) is 4.79 Å². The molecule has 1 N–H and O–H groups in total. The molecule has 4 aromatic rings. The maximum Gasteiger partial charge on any atom is 0.299 e. The van der Waals surface area contributed by atoms with Crippen LogP contribution in [0.4, 0.5) is 11.4 Å². The Labute approximate surface area is 156 Å². The van der Waals surface area contributed by atoms with Gasteiger partial charge in [0.1, 0.15) is 0 Å². The van der Waals surface area contributed by atoms with Gasteiger partial charge in [0.2, 0.25) is 0 Å². The summed E-state index contributed by atoms with van der Waals surface area (Å²) in [7, 11) is 0. The van der Waals surface area contributed by atoms with Crippen molar-refractivity contribution in [2.75, 3.05) is 0 Å². The average Bonchev–Trinajstić information content (AvgIpc) is 3.02. The Hall–Kier alpha value is -3.73. The molecule has 0 radical (unpaired) electrons. The molecule has 0 amide bonds. The van der Waals surface area contributed by atoms with Crippen molar-refractivity contribution in [2.45, 2.75) is 6.92 Å². The molecule has 0 atom stereocenters. The van der Waals surface area contributed by atoms with E-state index in [0.717, 1.165) is 16.8 Å². The third-order valence-electron chi connectivity index (χ3n) is 4.29. The van der Waals surface area contributed by atoms with E-state index in [2.05, 4.69) is 27.5 Å². The van der Waals surface area contributed by atoms with Crippen LogP contribution < -0.4 is 5.56 Å². The number of aromatic amines is 1. The minimum absolute atomic E-state index is 0.219. The minimum atomic E-state index is -0.219. The minimum Gasteiger partial charge on any atom is -0.293 e. The Morgan fingerprint density at radius 2 is 1.33 bits per heavy atom. The van der Waals surface area contributed by atoms with Crippen molar-refractivity contribution >= 4 is 11.4 Å². The van der Waals surface area contributed by atoms with Gasteiger partial charge in [-0.15, -0.1) is 5.11 Å². The zero-order valence-corrected chi connectivity index (χ0v) is 14.8. The largest absolute Gasteiger partial charge is 0.299 e. The summed E-state index contributed by atoms with van der Waals surface area (Å²) < 4.78 is 1.47. The van der Waals surface area contributed by atoms with E-state index < -0.39 is 0 Å². The van der Waals surface area contributed by atoms with Gasteiger partial charge < -0.3 is 0 Å². The lowest BCUT2D eigenvalue weighted by Gasteiger charge is -2.01. The highest BCUT2D eigenvalue weighted by atomic mass is 16.1. The van der Waals surface area contributed by atoms with E-state index >= 15 is 0 Å². The number of azo groups is 1. The summed E-state index contributed by atoms with van der Waals surface area (Å²) in [6.07, 6.45) is 0. The van der Waals surface area contributed by atoms with E-state index in [1.807, 2.05) is 79.7 Å². The lowest BCUT2D eigenvalue weighted by atomic mass is 10.1. The van der Waals surface area contributed by atoms with Gasteiger partial charge in [0.05, 0.1) is 17.1 Å². The highest BCUT2D eigenvalue weighted by molar-refractivity contribution is 5.65. The van der Waals surface area contributed by atoms with Crippen LogP contribution in [0, 0.1) is 6.92 Å². The number of nitrogens with zero attached hydrogens (tertiary/aromatic N) is 3. The first-order valence-corrected chi connectivity index (χ1v) is 8.66. The van der Waals surface area contributed by atoms with E-state index in [4.69, 9.17) is 0 Å². The van der Waals surface area contributed by atoms with Crippen molar-refractivity contribution in [3.8, 4) is 16.8 Å². The Kier molecular flexibility index (Phi) is 4.49. The summed E-state index contributed by atoms with van der Waals surface area (Å²) in [6.45, 7) is 1.81. The summed E-state index contributed by atoms with van der Waals surface area (Å²) in [4.78, 5) is 12.6. The molecule has 0 aliphatic rings. The monoisotopic (exact) mass is 354 g/mol. The highest BCUT2D eigenvalue weighted by Crippen LogP contribution is 2.24. The van der Waals surface area contributed by atoms with Gasteiger partial charge in [-0.05, 0) is 42.3 Å². The van der Waals surface area contributed by atoms with Crippen LogP contribution in [0.2, 0.25) is 0 Å². The molecule has 0 aliphatic heterocycles. The van der Waals surface area contributed by atoms with Gasteiger partial charge in [0.15, 0.2) is 5.69 Å². The second kappa shape index (κ2) is 7.25. The SMILES string of the molecule is Cc1[nH]n(-c2ccccc2)c(=O)c1N=Nc1ccc(-c2ccccc2)cc1. The van der Waals surface area contributed by atoms with Crippen LogP contribution in [0.1, 0.15) is 5.69 Å². The first kappa shape index (κ1) is 16.7. The molecule has 0 spiro atoms. The molecular formula is C22H18N4O. The second-order valence-corrected chi connectivity index (χ2v) is 6.17. The van der Waals surface area contributed by atoms with Gasteiger partial charge in [-0.3, -0.25) is 9.89 Å². The number of rotatable bonds is 4. The molecule has 132 valence electrons. The molecule has 0 saturated carbocycles. The van der Waals surface area contributed by atoms with Crippen LogP contribution in [-0.2, 0) is 0 Å². The van der Waals surface area contributed by atoms with Gasteiger partial charge >= 0.3 is 0 Å². The molecule has 27 heavy (non-hydrogen) atoms. The molecule has 5 nitrogen and oxygen atoms in total. The summed E-state index contributed by atoms with van der Waals surface area (Å²) in [6, 6.07) is 27.3. The fourth-order valence-corrected chi connectivity index (χ4v) is 2.87. The third-order valence-corrected chi connectivity index (χ3v) is 4.29. The van der Waals surface area contributed by atoms with Gasteiger partial charge in [-0.25, -0.2) is 4.68 Å². The number of H-pyrrole nitrogens is 1. The topological polar surface area (TPSA) is 62.5 Å². The molecule has 1 heterocycles. The summed E-state index contributed by atoms with van der Waals surface area (Å²) in [5, 5.41) is 11.5. The predicted octanol–water partition coefficient (Wildman–Crippen LogP) is 5.56. The molecule has 1 aromatic heterocycles. The summed E-state index contributed by atoms with van der Waals surface area (Å²) in [5.41, 5.74) is 4.48. The fourth-order valence-electron chi connectivity index (χ4n) is 2.87. The molecule has 0 fully saturated rings. The maximum absolute atomic E-state index is 12.6. The Morgan fingerprint density at radius 1 is 0.741 bits per heavy atom. The quantitative estimate of drug-likeness (QED) is 0.479. The van der Waals surface area contributed by atoms with Crippen molar-refractivity contribution < 1.29 is 0 Å². The highest BCUT2D eigenvalue weighted by Gasteiger charge is 2.11. The third kappa shape index (κ3) is 3.48. The van der Waals surface area contributed by atoms with Crippen LogP contribution in [0.3, 0.4) is 0 Å². The van der Waals surface area contributed by atoms with E-state index in [1.165, 1.54) is 4.68 Å². The number of aromatic nitrogens is 2. The first-order chi connectivity index (χ1) is 13.2. The number of nitrogens with one attached hydrogen (secondary N) is 1. The number of hydrogen-bond donors (Lipinski definition) is 1. The Bertz CT molecular complexity index is 1120. The zero-order valence-electron chi connectivity index (χ0n) is 14.8. The van der Waals surface area contributed by atoms with Gasteiger partial charge in [0.25, 0.3) is 5.56 Å². The first-order valence-electron chi connectivity index (χ1n) is 8.66. The van der Waals surface area contributed by atoms with Crippen molar-refractivity contribution in [1.82, 2.24) is 9.78 Å². The molecular weight excluding hydrogens is 336 g/mol. The van der Waals surface area contributed by atoms with Crippen molar-refractivity contribution in [3.63, 3.8) is 0 Å². The molecule has 3 aromatic carbocycles. The lowest BCUT2D eigenvalue weighted by molar-refractivity contribution is 0.835. The zero-order chi connectivity index (χ0) is 18.6. The van der Waals surface area contributed by atoms with Gasteiger partial charge in [-0.2, -0.15) is 5.11 Å². The van der Waals surface area contributed by atoms with Crippen LogP contribution in [0.5, 0.6) is 0 Å². The Morgan fingerprint density at radius 3 is 2.00 bits per heavy atom. The number of benzene rings is 3. The Balaban J connectivity index is 1.60. The lowest BCUT2D eigenvalue weighted by Crippen LogP contribution is -2.13. The van der Waals surface area contributed by atoms with Gasteiger partial charge in [-0.1, -0.05) is 60.7 Å². The smallest absolute Gasteiger partial charge is 0.293 e. The van der Waals surface area contributed by atoms with Crippen LogP contribution >= 0.6 is 0 Å².